The molecule has 0 aromatic heterocycles. The summed E-state index contributed by atoms with van der Waals surface area (Å²) in [6.45, 7) is 1.29. The molecule has 0 aliphatic carbocycles. The molecule has 2 rings (SSSR count). The lowest BCUT2D eigenvalue weighted by Gasteiger charge is -2.06. The Labute approximate surface area is 151 Å². The summed E-state index contributed by atoms with van der Waals surface area (Å²) in [6, 6.07) is 12.1. The van der Waals surface area contributed by atoms with Crippen LogP contribution in [0, 0.1) is 11.8 Å². The number of primary amides is 1. The van der Waals surface area contributed by atoms with E-state index in [1.165, 1.54) is 31.2 Å². The van der Waals surface area contributed by atoms with Crippen molar-refractivity contribution in [3.8, 4) is 11.8 Å². The molecule has 0 bridgehead atoms. The third-order valence-corrected chi connectivity index (χ3v) is 4.65. The summed E-state index contributed by atoms with van der Waals surface area (Å²) >= 11 is 0. The molecule has 2 amide bonds. The van der Waals surface area contributed by atoms with Crippen LogP contribution in [0.15, 0.2) is 53.4 Å². The summed E-state index contributed by atoms with van der Waals surface area (Å²) in [6.07, 6.45) is 0. The highest BCUT2D eigenvalue weighted by Gasteiger charge is 2.12. The first-order chi connectivity index (χ1) is 12.3. The van der Waals surface area contributed by atoms with E-state index in [2.05, 4.69) is 21.9 Å². The van der Waals surface area contributed by atoms with E-state index in [1.807, 2.05) is 0 Å². The molecule has 0 fully saturated rings. The quantitative estimate of drug-likeness (QED) is 0.681. The van der Waals surface area contributed by atoms with Crippen molar-refractivity contribution in [2.45, 2.75) is 11.8 Å². The second-order valence-corrected chi connectivity index (χ2v) is 7.04. The van der Waals surface area contributed by atoms with Gasteiger partial charge >= 0.3 is 0 Å². The van der Waals surface area contributed by atoms with Gasteiger partial charge in [0.2, 0.25) is 21.8 Å². The van der Waals surface area contributed by atoms with Crippen LogP contribution >= 0.6 is 0 Å². The van der Waals surface area contributed by atoms with Gasteiger partial charge in [0.1, 0.15) is 0 Å². The van der Waals surface area contributed by atoms with Gasteiger partial charge in [-0.25, -0.2) is 8.42 Å². The molecule has 4 N–H and O–H groups in total. The molecule has 0 heterocycles. The van der Waals surface area contributed by atoms with Gasteiger partial charge in [-0.05, 0) is 48.5 Å². The number of hydrogen-bond acceptors (Lipinski definition) is 4. The zero-order valence-corrected chi connectivity index (χ0v) is 14.8. The van der Waals surface area contributed by atoms with E-state index in [0.717, 1.165) is 0 Å². The van der Waals surface area contributed by atoms with Crippen molar-refractivity contribution >= 4 is 27.5 Å². The summed E-state index contributed by atoms with van der Waals surface area (Å²) in [5.41, 5.74) is 6.67. The minimum Gasteiger partial charge on any atom is -0.366 e. The summed E-state index contributed by atoms with van der Waals surface area (Å²) in [5.74, 6) is 4.73. The van der Waals surface area contributed by atoms with Gasteiger partial charge in [-0.15, -0.1) is 0 Å². The lowest BCUT2D eigenvalue weighted by molar-refractivity contribution is -0.114. The first kappa shape index (κ1) is 19.2. The maximum Gasteiger partial charge on any atom is 0.248 e. The number of carbonyl (C=O) groups excluding carboxylic acids is 2. The number of benzene rings is 2. The topological polar surface area (TPSA) is 118 Å². The normalized spacial score (nSPS) is 10.5. The van der Waals surface area contributed by atoms with Crippen LogP contribution in [0.25, 0.3) is 0 Å². The fourth-order valence-corrected chi connectivity index (χ4v) is 2.92. The largest absolute Gasteiger partial charge is 0.366 e. The number of carbonyl (C=O) groups is 2. The van der Waals surface area contributed by atoms with Crippen LogP contribution in [0.5, 0.6) is 0 Å². The molecule has 2 aromatic rings. The Morgan fingerprint density at radius 1 is 1.04 bits per heavy atom. The van der Waals surface area contributed by atoms with Crippen molar-refractivity contribution in [2.75, 3.05) is 11.9 Å². The van der Waals surface area contributed by atoms with Crippen molar-refractivity contribution < 1.29 is 18.0 Å². The first-order valence-electron chi connectivity index (χ1n) is 7.54. The van der Waals surface area contributed by atoms with Gasteiger partial charge in [0.15, 0.2) is 0 Å². The summed E-state index contributed by atoms with van der Waals surface area (Å²) < 4.78 is 26.7. The number of amides is 2. The standard InChI is InChI=1S/C18H17N3O4S/c1-13(22)21-16-8-10-17(11-9-16)26(24,25)20-12-2-3-14-4-6-15(7-5-14)18(19)23/h4-11,20H,12H2,1H3,(H2,19,23)(H,21,22). The van der Waals surface area contributed by atoms with Crippen molar-refractivity contribution in [1.29, 1.82) is 0 Å². The third-order valence-electron chi connectivity index (χ3n) is 3.24. The van der Waals surface area contributed by atoms with Gasteiger partial charge in [0.25, 0.3) is 0 Å². The Morgan fingerprint density at radius 3 is 2.19 bits per heavy atom. The van der Waals surface area contributed by atoms with Gasteiger partial charge in [-0.2, -0.15) is 4.72 Å². The maximum absolute atomic E-state index is 12.2. The zero-order valence-electron chi connectivity index (χ0n) is 13.9. The molecule has 0 saturated carbocycles. The first-order valence-corrected chi connectivity index (χ1v) is 9.02. The number of nitrogens with two attached hydrogens (primary N) is 1. The van der Waals surface area contributed by atoms with Crippen molar-refractivity contribution in [3.63, 3.8) is 0 Å². The van der Waals surface area contributed by atoms with E-state index in [4.69, 9.17) is 5.73 Å². The summed E-state index contributed by atoms with van der Waals surface area (Å²) in [4.78, 5) is 22.0. The van der Waals surface area contributed by atoms with Crippen molar-refractivity contribution in [2.24, 2.45) is 5.73 Å². The molecular formula is C18H17N3O4S. The molecule has 0 spiro atoms. The number of nitrogens with one attached hydrogen (secondary N) is 2. The highest BCUT2D eigenvalue weighted by Crippen LogP contribution is 2.13. The predicted molar refractivity (Wildman–Crippen MR) is 97.8 cm³/mol. The molecule has 0 aliphatic rings. The Kier molecular flexibility index (Phi) is 6.11. The lowest BCUT2D eigenvalue weighted by atomic mass is 10.1. The van der Waals surface area contributed by atoms with Crippen LogP contribution in [-0.4, -0.2) is 26.8 Å². The molecule has 0 radical (unpaired) electrons. The van der Waals surface area contributed by atoms with E-state index in [0.29, 0.717) is 16.8 Å². The summed E-state index contributed by atoms with van der Waals surface area (Å²) in [7, 11) is -3.70. The Morgan fingerprint density at radius 2 is 1.65 bits per heavy atom. The average Bonchev–Trinajstić information content (AvgIpc) is 2.59. The minimum absolute atomic E-state index is 0.0687. The molecule has 2 aromatic carbocycles. The van der Waals surface area contributed by atoms with E-state index in [1.54, 1.807) is 24.3 Å². The van der Waals surface area contributed by atoms with Gasteiger partial charge in [0.05, 0.1) is 11.4 Å². The Balaban J connectivity index is 1.98. The van der Waals surface area contributed by atoms with Crippen molar-refractivity contribution in [3.05, 3.63) is 59.7 Å². The highest BCUT2D eigenvalue weighted by molar-refractivity contribution is 7.89. The van der Waals surface area contributed by atoms with Crippen LogP contribution in [0.4, 0.5) is 5.69 Å². The fourth-order valence-electron chi connectivity index (χ4n) is 2.00. The minimum atomic E-state index is -3.70. The van der Waals surface area contributed by atoms with Crippen molar-refractivity contribution in [1.82, 2.24) is 4.72 Å². The highest BCUT2D eigenvalue weighted by atomic mass is 32.2. The van der Waals surface area contributed by atoms with Crippen LogP contribution in [0.1, 0.15) is 22.8 Å². The number of sulfonamides is 1. The monoisotopic (exact) mass is 371 g/mol. The molecule has 0 saturated heterocycles. The number of anilines is 1. The zero-order chi connectivity index (χ0) is 19.2. The molecule has 7 nitrogen and oxygen atoms in total. The molecule has 8 heteroatoms. The van der Waals surface area contributed by atoms with Gasteiger partial charge in [-0.1, -0.05) is 11.8 Å². The Hall–Kier alpha value is -3.15. The third kappa shape index (κ3) is 5.44. The molecular weight excluding hydrogens is 354 g/mol. The lowest BCUT2D eigenvalue weighted by Crippen LogP contribution is -2.24. The van der Waals surface area contributed by atoms with Crippen LogP contribution in [-0.2, 0) is 14.8 Å². The van der Waals surface area contributed by atoms with Gasteiger partial charge in [-0.3, -0.25) is 9.59 Å². The smallest absolute Gasteiger partial charge is 0.248 e. The SMILES string of the molecule is CC(=O)Nc1ccc(S(=O)(=O)NCC#Cc2ccc(C(N)=O)cc2)cc1. The molecule has 0 aliphatic heterocycles. The summed E-state index contributed by atoms with van der Waals surface area (Å²) in [5, 5.41) is 2.56. The van der Waals surface area contributed by atoms with E-state index < -0.39 is 15.9 Å². The van der Waals surface area contributed by atoms with Gasteiger partial charge < -0.3 is 11.1 Å². The Bertz CT molecular complexity index is 970. The second kappa shape index (κ2) is 8.29. The molecule has 26 heavy (non-hydrogen) atoms. The maximum atomic E-state index is 12.2. The fraction of sp³-hybridized carbons (Fsp3) is 0.111. The van der Waals surface area contributed by atoms with E-state index in [-0.39, 0.29) is 17.3 Å². The van der Waals surface area contributed by atoms with Crippen LogP contribution in [0.3, 0.4) is 0 Å². The molecule has 0 atom stereocenters. The number of rotatable bonds is 5. The molecule has 0 unspecified atom stereocenters. The molecule has 134 valence electrons. The van der Waals surface area contributed by atoms with Gasteiger partial charge in [0, 0.05) is 23.7 Å². The van der Waals surface area contributed by atoms with E-state index in [9.17, 15) is 18.0 Å². The predicted octanol–water partition coefficient (Wildman–Crippen LogP) is 1.07. The number of hydrogen-bond donors (Lipinski definition) is 3. The van der Waals surface area contributed by atoms with Crippen LogP contribution < -0.4 is 15.8 Å². The van der Waals surface area contributed by atoms with E-state index >= 15 is 0 Å². The average molecular weight is 371 g/mol. The second-order valence-electron chi connectivity index (χ2n) is 5.27. The van der Waals surface area contributed by atoms with Crippen LogP contribution in [0.2, 0.25) is 0 Å².